The Morgan fingerprint density at radius 3 is 2.59 bits per heavy atom. The largest absolute Gasteiger partial charge is 0.493 e. The van der Waals surface area contributed by atoms with Crippen LogP contribution in [0.1, 0.15) is 29.9 Å². The Morgan fingerprint density at radius 2 is 1.91 bits per heavy atom. The van der Waals surface area contributed by atoms with Gasteiger partial charge in [0.15, 0.2) is 0 Å². The molecule has 0 fully saturated rings. The highest BCUT2D eigenvalue weighted by Crippen LogP contribution is 2.26. The lowest BCUT2D eigenvalue weighted by Gasteiger charge is -2.10. The lowest BCUT2D eigenvalue weighted by atomic mass is 10.0. The molecule has 0 radical (unpaired) electrons. The van der Waals surface area contributed by atoms with Crippen LogP contribution in [0.15, 0.2) is 52.1 Å². The number of nitrogens with one attached hydrogen (secondary N) is 1. The minimum absolute atomic E-state index is 0.0828. The maximum absolute atomic E-state index is 14.7. The summed E-state index contributed by atoms with van der Waals surface area (Å²) in [4.78, 5) is 36.5. The van der Waals surface area contributed by atoms with Gasteiger partial charge in [0.05, 0.1) is 22.5 Å². The third kappa shape index (κ3) is 3.35. The number of rotatable bonds is 5. The van der Waals surface area contributed by atoms with Gasteiger partial charge in [0.25, 0.3) is 5.56 Å². The van der Waals surface area contributed by atoms with Crippen molar-refractivity contribution in [3.8, 4) is 11.6 Å². The first-order valence-corrected chi connectivity index (χ1v) is 9.78. The first-order chi connectivity index (χ1) is 15.2. The molecule has 0 aliphatic carbocycles. The van der Waals surface area contributed by atoms with Gasteiger partial charge < -0.3 is 10.8 Å². The van der Waals surface area contributed by atoms with Gasteiger partial charge in [-0.05, 0) is 37.6 Å². The molecule has 0 aliphatic heterocycles. The lowest BCUT2D eigenvalue weighted by molar-refractivity contribution is -0.120. The van der Waals surface area contributed by atoms with Crippen molar-refractivity contribution in [1.29, 1.82) is 0 Å². The first kappa shape index (κ1) is 21.0. The van der Waals surface area contributed by atoms with Crippen molar-refractivity contribution >= 4 is 16.7 Å². The van der Waals surface area contributed by atoms with Crippen LogP contribution >= 0.6 is 0 Å². The summed E-state index contributed by atoms with van der Waals surface area (Å²) >= 11 is 0. The smallest absolute Gasteiger partial charge is 0.336 e. The zero-order valence-corrected chi connectivity index (χ0v) is 17.3. The molecule has 164 valence electrons. The molecule has 2 aromatic heterocycles. The Hall–Kier alpha value is -4.21. The highest BCUT2D eigenvalue weighted by Gasteiger charge is 2.25. The number of hydrogen-bond acceptors (Lipinski definition) is 5. The first-order valence-electron chi connectivity index (χ1n) is 9.78. The van der Waals surface area contributed by atoms with Crippen LogP contribution in [0.3, 0.4) is 0 Å². The fourth-order valence-corrected chi connectivity index (χ4v) is 3.75. The number of nitrogens with two attached hydrogens (primary N) is 1. The summed E-state index contributed by atoms with van der Waals surface area (Å²) in [6.45, 7) is 2.85. The zero-order chi connectivity index (χ0) is 23.2. The van der Waals surface area contributed by atoms with E-state index in [4.69, 9.17) is 5.73 Å². The van der Waals surface area contributed by atoms with Crippen LogP contribution in [-0.4, -0.2) is 30.3 Å². The quantitative estimate of drug-likeness (QED) is 0.436. The van der Waals surface area contributed by atoms with Gasteiger partial charge >= 0.3 is 5.69 Å². The summed E-state index contributed by atoms with van der Waals surface area (Å²) in [6, 6.07) is 10.1. The van der Waals surface area contributed by atoms with Gasteiger partial charge in [-0.2, -0.15) is 5.10 Å². The predicted molar refractivity (Wildman–Crippen MR) is 115 cm³/mol. The Kier molecular flexibility index (Phi) is 5.13. The summed E-state index contributed by atoms with van der Waals surface area (Å²) in [5, 5.41) is 18.2. The fourth-order valence-electron chi connectivity index (χ4n) is 3.75. The molecular formula is C22H20FN5O4. The molecule has 0 spiro atoms. The van der Waals surface area contributed by atoms with E-state index in [9.17, 15) is 23.9 Å². The van der Waals surface area contributed by atoms with Crippen LogP contribution in [0.2, 0.25) is 0 Å². The molecule has 10 heteroatoms. The molecule has 2 heterocycles. The van der Waals surface area contributed by atoms with Gasteiger partial charge in [0.1, 0.15) is 11.9 Å². The van der Waals surface area contributed by atoms with Crippen LogP contribution < -0.4 is 17.0 Å². The Morgan fingerprint density at radius 1 is 1.22 bits per heavy atom. The number of aromatic amines is 1. The number of aromatic hydroxyl groups is 1. The van der Waals surface area contributed by atoms with Crippen LogP contribution in [0.5, 0.6) is 5.88 Å². The number of primary amides is 1. The number of aromatic nitrogens is 4. The van der Waals surface area contributed by atoms with Gasteiger partial charge in [-0.15, -0.1) is 0 Å². The van der Waals surface area contributed by atoms with E-state index >= 15 is 0 Å². The van der Waals surface area contributed by atoms with Crippen molar-refractivity contribution in [3.05, 3.63) is 86.1 Å². The summed E-state index contributed by atoms with van der Waals surface area (Å²) in [6.07, 6.45) is 0.234. The second kappa shape index (κ2) is 7.80. The number of H-pyrrole nitrogens is 1. The normalized spacial score (nSPS) is 12.2. The van der Waals surface area contributed by atoms with Gasteiger partial charge in [-0.3, -0.25) is 14.2 Å². The maximum atomic E-state index is 14.7. The van der Waals surface area contributed by atoms with Gasteiger partial charge in [0, 0.05) is 11.8 Å². The average molecular weight is 437 g/mol. The van der Waals surface area contributed by atoms with E-state index in [0.717, 1.165) is 9.13 Å². The minimum Gasteiger partial charge on any atom is -0.493 e. The number of carbonyl (C=O) groups is 1. The van der Waals surface area contributed by atoms with Crippen molar-refractivity contribution < 1.29 is 14.3 Å². The van der Waals surface area contributed by atoms with Crippen LogP contribution in [-0.2, 0) is 11.2 Å². The third-order valence-electron chi connectivity index (χ3n) is 5.49. The Labute approximate surface area is 180 Å². The van der Waals surface area contributed by atoms with E-state index in [0.29, 0.717) is 22.0 Å². The van der Waals surface area contributed by atoms with Gasteiger partial charge in [-0.1, -0.05) is 24.3 Å². The van der Waals surface area contributed by atoms with Gasteiger partial charge in [0.2, 0.25) is 11.8 Å². The van der Waals surface area contributed by atoms with Crippen molar-refractivity contribution in [2.24, 2.45) is 5.73 Å². The van der Waals surface area contributed by atoms with E-state index in [1.165, 1.54) is 32.0 Å². The van der Waals surface area contributed by atoms with Crippen molar-refractivity contribution in [1.82, 2.24) is 19.3 Å². The SMILES string of the molecule is Cc1c(O)n(-c2cc(Cc3n[nH]c(=O)c4ccccc34)ccc2F)c(=O)n1C(C)C(N)=O. The topological polar surface area (TPSA) is 136 Å². The number of imidazole rings is 1. The van der Waals surface area contributed by atoms with Crippen molar-refractivity contribution in [3.63, 3.8) is 0 Å². The number of halogens is 1. The molecule has 32 heavy (non-hydrogen) atoms. The monoisotopic (exact) mass is 437 g/mol. The molecule has 4 rings (SSSR count). The van der Waals surface area contributed by atoms with E-state index in [-0.39, 0.29) is 23.4 Å². The van der Waals surface area contributed by atoms with Crippen molar-refractivity contribution in [2.45, 2.75) is 26.3 Å². The molecule has 1 amide bonds. The number of carbonyl (C=O) groups excluding carboxylic acids is 1. The summed E-state index contributed by atoms with van der Waals surface area (Å²) in [5.74, 6) is -2.00. The number of fused-ring (bicyclic) bond motifs is 1. The standard InChI is InChI=1S/C22H20FN5O4/c1-11(19(24)29)27-12(2)21(31)28(22(27)32)18-10-13(7-8-16(18)23)9-17-14-5-3-4-6-15(14)20(30)26-25-17/h3-8,10-11,31H,9H2,1-2H3,(H2,24,29)(H,26,30). The molecule has 1 unspecified atom stereocenters. The van der Waals surface area contributed by atoms with Crippen LogP contribution in [0.25, 0.3) is 16.5 Å². The summed E-state index contributed by atoms with van der Waals surface area (Å²) < 4.78 is 16.5. The molecule has 1 atom stereocenters. The van der Waals surface area contributed by atoms with Crippen LogP contribution in [0, 0.1) is 12.7 Å². The maximum Gasteiger partial charge on any atom is 0.336 e. The molecule has 0 aliphatic rings. The molecule has 4 N–H and O–H groups in total. The van der Waals surface area contributed by atoms with Gasteiger partial charge in [-0.25, -0.2) is 18.9 Å². The second-order valence-electron chi connectivity index (χ2n) is 7.48. The fraction of sp³-hybridized carbons (Fsp3) is 0.182. The number of hydrogen-bond donors (Lipinski definition) is 3. The van der Waals surface area contributed by atoms with E-state index in [1.807, 2.05) is 0 Å². The van der Waals surface area contributed by atoms with E-state index < -0.39 is 29.3 Å². The summed E-state index contributed by atoms with van der Waals surface area (Å²) in [5.41, 5.74) is 5.24. The highest BCUT2D eigenvalue weighted by atomic mass is 19.1. The number of benzene rings is 2. The molecule has 4 aromatic rings. The van der Waals surface area contributed by atoms with E-state index in [1.54, 1.807) is 24.3 Å². The molecule has 0 saturated heterocycles. The third-order valence-corrected chi connectivity index (χ3v) is 5.49. The minimum atomic E-state index is -1.03. The highest BCUT2D eigenvalue weighted by molar-refractivity contribution is 5.83. The Bertz CT molecular complexity index is 1480. The molecule has 9 nitrogen and oxygen atoms in total. The molecular weight excluding hydrogens is 417 g/mol. The lowest BCUT2D eigenvalue weighted by Crippen LogP contribution is -2.33. The van der Waals surface area contributed by atoms with E-state index in [2.05, 4.69) is 10.2 Å². The Balaban J connectivity index is 1.83. The average Bonchev–Trinajstić information content (AvgIpc) is 2.99. The zero-order valence-electron chi connectivity index (χ0n) is 17.3. The predicted octanol–water partition coefficient (Wildman–Crippen LogP) is 1.67. The molecule has 0 saturated carbocycles. The second-order valence-corrected chi connectivity index (χ2v) is 7.48. The number of nitrogens with zero attached hydrogens (tertiary/aromatic N) is 3. The molecule has 2 aromatic carbocycles. The van der Waals surface area contributed by atoms with Crippen molar-refractivity contribution in [2.75, 3.05) is 0 Å². The summed E-state index contributed by atoms with van der Waals surface area (Å²) in [7, 11) is 0. The molecule has 0 bridgehead atoms. The number of amides is 1. The van der Waals surface area contributed by atoms with Crippen LogP contribution in [0.4, 0.5) is 4.39 Å².